The van der Waals surface area contributed by atoms with Crippen molar-refractivity contribution in [3.8, 4) is 0 Å². The molecule has 7 heteroatoms. The molecule has 1 saturated carbocycles. The summed E-state index contributed by atoms with van der Waals surface area (Å²) in [6.45, 7) is 0.245. The Kier molecular flexibility index (Phi) is 4.40. The lowest BCUT2D eigenvalue weighted by atomic mass is 9.66. The molecule has 0 bridgehead atoms. The Balaban J connectivity index is 1.87. The second kappa shape index (κ2) is 6.07. The zero-order valence-corrected chi connectivity index (χ0v) is 11.3. The van der Waals surface area contributed by atoms with Gasteiger partial charge in [-0.3, -0.25) is 4.79 Å². The Morgan fingerprint density at radius 1 is 1.24 bits per heavy atom. The quantitative estimate of drug-likeness (QED) is 0.782. The Bertz CT molecular complexity index is 559. The number of nitrogens with one attached hydrogen (secondary N) is 2. The summed E-state index contributed by atoms with van der Waals surface area (Å²) in [4.78, 5) is 22.5. The van der Waals surface area contributed by atoms with E-state index >= 15 is 0 Å². The number of carbonyl (C=O) groups excluding carboxylic acids is 1. The zero-order valence-electron chi connectivity index (χ0n) is 11.3. The van der Waals surface area contributed by atoms with Gasteiger partial charge in [-0.1, -0.05) is 6.42 Å². The molecule has 0 aromatic heterocycles. The van der Waals surface area contributed by atoms with Gasteiger partial charge in [0.1, 0.15) is 0 Å². The molecule has 1 aromatic carbocycles. The van der Waals surface area contributed by atoms with Crippen molar-refractivity contribution < 1.29 is 23.5 Å². The number of urea groups is 1. The molecular weight excluding hydrogens is 282 g/mol. The molecule has 0 radical (unpaired) electrons. The van der Waals surface area contributed by atoms with E-state index in [0.29, 0.717) is 0 Å². The zero-order chi connectivity index (χ0) is 15.5. The molecule has 0 spiro atoms. The molecule has 1 aliphatic carbocycles. The van der Waals surface area contributed by atoms with E-state index in [9.17, 15) is 18.4 Å². The van der Waals surface area contributed by atoms with Gasteiger partial charge in [-0.25, -0.2) is 13.6 Å². The number of carbonyl (C=O) groups is 2. The van der Waals surface area contributed by atoms with Crippen LogP contribution in [0.2, 0.25) is 0 Å². The predicted octanol–water partition coefficient (Wildman–Crippen LogP) is 2.73. The van der Waals surface area contributed by atoms with Crippen molar-refractivity contribution in [2.45, 2.75) is 25.7 Å². The molecule has 21 heavy (non-hydrogen) atoms. The van der Waals surface area contributed by atoms with E-state index in [1.807, 2.05) is 0 Å². The highest BCUT2D eigenvalue weighted by Crippen LogP contribution is 2.43. The van der Waals surface area contributed by atoms with E-state index < -0.39 is 29.0 Å². The fourth-order valence-corrected chi connectivity index (χ4v) is 2.43. The van der Waals surface area contributed by atoms with E-state index in [-0.39, 0.29) is 18.7 Å². The van der Waals surface area contributed by atoms with Crippen molar-refractivity contribution in [2.75, 3.05) is 11.9 Å². The van der Waals surface area contributed by atoms with Gasteiger partial charge in [0.15, 0.2) is 11.6 Å². The van der Waals surface area contributed by atoms with Gasteiger partial charge in [-0.15, -0.1) is 0 Å². The highest BCUT2D eigenvalue weighted by Gasteiger charge is 2.39. The maximum Gasteiger partial charge on any atom is 0.319 e. The number of amides is 2. The minimum Gasteiger partial charge on any atom is -0.481 e. The third-order valence-electron chi connectivity index (χ3n) is 3.74. The number of hydrogen-bond acceptors (Lipinski definition) is 2. The van der Waals surface area contributed by atoms with Gasteiger partial charge in [0.05, 0.1) is 6.42 Å². The summed E-state index contributed by atoms with van der Waals surface area (Å²) in [5.41, 5.74) is -0.260. The summed E-state index contributed by atoms with van der Waals surface area (Å²) in [5.74, 6) is -2.93. The molecule has 0 heterocycles. The standard InChI is InChI=1S/C14H16F2N2O3/c15-10-3-2-9(6-11(10)16)18-13(21)17-8-14(4-1-5-14)7-12(19)20/h2-3,6H,1,4-5,7-8H2,(H,19,20)(H2,17,18,21). The van der Waals surface area contributed by atoms with Gasteiger partial charge in [0.2, 0.25) is 0 Å². The highest BCUT2D eigenvalue weighted by atomic mass is 19.2. The van der Waals surface area contributed by atoms with Gasteiger partial charge in [-0.05, 0) is 30.4 Å². The lowest BCUT2D eigenvalue weighted by Gasteiger charge is -2.40. The fraction of sp³-hybridized carbons (Fsp3) is 0.429. The SMILES string of the molecule is O=C(O)CC1(CNC(=O)Nc2ccc(F)c(F)c2)CCC1. The topological polar surface area (TPSA) is 78.4 Å². The van der Waals surface area contributed by atoms with Crippen LogP contribution in [0.25, 0.3) is 0 Å². The lowest BCUT2D eigenvalue weighted by molar-refractivity contribution is -0.141. The number of benzene rings is 1. The molecule has 114 valence electrons. The first-order chi connectivity index (χ1) is 9.90. The number of hydrogen-bond donors (Lipinski definition) is 3. The van der Waals surface area contributed by atoms with Crippen LogP contribution in [0.4, 0.5) is 19.3 Å². The van der Waals surface area contributed by atoms with Crippen LogP contribution in [0, 0.1) is 17.0 Å². The van der Waals surface area contributed by atoms with E-state index in [1.165, 1.54) is 6.07 Å². The molecule has 2 rings (SSSR count). The first-order valence-corrected chi connectivity index (χ1v) is 6.62. The number of halogens is 2. The smallest absolute Gasteiger partial charge is 0.319 e. The first kappa shape index (κ1) is 15.2. The summed E-state index contributed by atoms with van der Waals surface area (Å²) in [5, 5.41) is 13.8. The molecule has 5 nitrogen and oxygen atoms in total. The fourth-order valence-electron chi connectivity index (χ4n) is 2.43. The Morgan fingerprint density at radius 2 is 1.95 bits per heavy atom. The minimum absolute atomic E-state index is 0.0124. The van der Waals surface area contributed by atoms with Crippen LogP contribution in [0.1, 0.15) is 25.7 Å². The van der Waals surface area contributed by atoms with Gasteiger partial charge < -0.3 is 15.7 Å². The summed E-state index contributed by atoms with van der Waals surface area (Å²) in [7, 11) is 0. The normalized spacial score (nSPS) is 15.9. The second-order valence-corrected chi connectivity index (χ2v) is 5.36. The van der Waals surface area contributed by atoms with Crippen LogP contribution >= 0.6 is 0 Å². The molecule has 3 N–H and O–H groups in total. The summed E-state index contributed by atoms with van der Waals surface area (Å²) in [6.07, 6.45) is 2.47. The second-order valence-electron chi connectivity index (χ2n) is 5.36. The van der Waals surface area contributed by atoms with E-state index in [1.54, 1.807) is 0 Å². The van der Waals surface area contributed by atoms with Crippen LogP contribution in [0.15, 0.2) is 18.2 Å². The van der Waals surface area contributed by atoms with Crippen LogP contribution < -0.4 is 10.6 Å². The third-order valence-corrected chi connectivity index (χ3v) is 3.74. The van der Waals surface area contributed by atoms with E-state index in [2.05, 4.69) is 10.6 Å². The molecule has 0 aliphatic heterocycles. The largest absolute Gasteiger partial charge is 0.481 e. The summed E-state index contributed by atoms with van der Waals surface area (Å²) in [6, 6.07) is 2.47. The predicted molar refractivity (Wildman–Crippen MR) is 71.9 cm³/mol. The minimum atomic E-state index is -1.05. The van der Waals surface area contributed by atoms with Crippen molar-refractivity contribution in [3.63, 3.8) is 0 Å². The molecule has 0 atom stereocenters. The molecule has 1 aromatic rings. The Labute approximate surface area is 120 Å². The first-order valence-electron chi connectivity index (χ1n) is 6.62. The molecular formula is C14H16F2N2O3. The Morgan fingerprint density at radius 3 is 2.48 bits per heavy atom. The maximum absolute atomic E-state index is 13.0. The third kappa shape index (κ3) is 3.90. The number of rotatable bonds is 5. The lowest BCUT2D eigenvalue weighted by Crippen LogP contribution is -2.44. The molecule has 1 aliphatic rings. The van der Waals surface area contributed by atoms with Crippen molar-refractivity contribution in [1.29, 1.82) is 0 Å². The van der Waals surface area contributed by atoms with Crippen LogP contribution in [-0.2, 0) is 4.79 Å². The number of carboxylic acids is 1. The summed E-state index contributed by atoms with van der Waals surface area (Å²) >= 11 is 0. The summed E-state index contributed by atoms with van der Waals surface area (Å²) < 4.78 is 25.8. The average Bonchev–Trinajstić information content (AvgIpc) is 2.36. The van der Waals surface area contributed by atoms with Crippen LogP contribution in [0.5, 0.6) is 0 Å². The van der Waals surface area contributed by atoms with Gasteiger partial charge >= 0.3 is 12.0 Å². The van der Waals surface area contributed by atoms with Gasteiger partial charge in [-0.2, -0.15) is 0 Å². The van der Waals surface area contributed by atoms with Gasteiger partial charge in [0, 0.05) is 18.3 Å². The van der Waals surface area contributed by atoms with E-state index in [0.717, 1.165) is 31.4 Å². The van der Waals surface area contributed by atoms with Crippen LogP contribution in [-0.4, -0.2) is 23.7 Å². The molecule has 0 saturated heterocycles. The number of carboxylic acid groups (broad SMARTS) is 1. The van der Waals surface area contributed by atoms with Crippen molar-refractivity contribution >= 4 is 17.7 Å². The molecule has 0 unspecified atom stereocenters. The van der Waals surface area contributed by atoms with Crippen molar-refractivity contribution in [3.05, 3.63) is 29.8 Å². The number of aliphatic carboxylic acids is 1. The van der Waals surface area contributed by atoms with Gasteiger partial charge in [0.25, 0.3) is 0 Å². The monoisotopic (exact) mass is 298 g/mol. The molecule has 1 fully saturated rings. The average molecular weight is 298 g/mol. The van der Waals surface area contributed by atoms with Crippen molar-refractivity contribution in [1.82, 2.24) is 5.32 Å². The Hall–Kier alpha value is -2.18. The maximum atomic E-state index is 13.0. The molecule has 2 amide bonds. The highest BCUT2D eigenvalue weighted by molar-refractivity contribution is 5.89. The van der Waals surface area contributed by atoms with E-state index in [4.69, 9.17) is 5.11 Å². The van der Waals surface area contributed by atoms with Crippen molar-refractivity contribution in [2.24, 2.45) is 5.41 Å². The van der Waals surface area contributed by atoms with Crippen LogP contribution in [0.3, 0.4) is 0 Å². The number of anilines is 1.